The van der Waals surface area contributed by atoms with Crippen molar-refractivity contribution in [3.63, 3.8) is 0 Å². The lowest BCUT2D eigenvalue weighted by Crippen LogP contribution is -2.32. The average Bonchev–Trinajstić information content (AvgIpc) is 2.17. The zero-order chi connectivity index (χ0) is 10.7. The number of nitrogens with one attached hydrogen (secondary N) is 1. The summed E-state index contributed by atoms with van der Waals surface area (Å²) in [5.41, 5.74) is 2.38. The van der Waals surface area contributed by atoms with Crippen molar-refractivity contribution in [1.82, 2.24) is 10.3 Å². The van der Waals surface area contributed by atoms with Crippen molar-refractivity contribution < 1.29 is 5.11 Å². The molecule has 2 rings (SSSR count). The second-order valence-corrected chi connectivity index (χ2v) is 4.63. The monoisotopic (exact) mass is 268 g/mol. The maximum Gasteiger partial charge on any atom is 0.0848 e. The SMILES string of the molecule is OC1C=C(Cc2cncc(Br)c2)CNC1. The van der Waals surface area contributed by atoms with Gasteiger partial charge in [0.15, 0.2) is 0 Å². The molecule has 15 heavy (non-hydrogen) atoms. The second kappa shape index (κ2) is 4.88. The molecule has 80 valence electrons. The Kier molecular flexibility index (Phi) is 3.51. The number of aromatic nitrogens is 1. The van der Waals surface area contributed by atoms with Gasteiger partial charge in [-0.2, -0.15) is 0 Å². The molecule has 0 aromatic carbocycles. The highest BCUT2D eigenvalue weighted by atomic mass is 79.9. The van der Waals surface area contributed by atoms with Crippen LogP contribution in [0.15, 0.2) is 34.6 Å². The Morgan fingerprint density at radius 1 is 1.53 bits per heavy atom. The summed E-state index contributed by atoms with van der Waals surface area (Å²) in [6.45, 7) is 1.50. The van der Waals surface area contributed by atoms with Gasteiger partial charge in [0.05, 0.1) is 6.10 Å². The molecule has 0 saturated carbocycles. The molecule has 0 bridgehead atoms. The van der Waals surface area contributed by atoms with E-state index in [1.807, 2.05) is 12.3 Å². The first-order chi connectivity index (χ1) is 7.24. The molecule has 4 heteroatoms. The Hall–Kier alpha value is -0.710. The topological polar surface area (TPSA) is 45.2 Å². The minimum absolute atomic E-state index is 0.353. The molecule has 0 saturated heterocycles. The van der Waals surface area contributed by atoms with E-state index in [1.54, 1.807) is 6.20 Å². The Bertz CT molecular complexity index is 379. The third-order valence-corrected chi connectivity index (χ3v) is 2.76. The first kappa shape index (κ1) is 10.8. The van der Waals surface area contributed by atoms with Crippen LogP contribution in [-0.2, 0) is 6.42 Å². The third-order valence-electron chi connectivity index (χ3n) is 2.33. The summed E-state index contributed by atoms with van der Waals surface area (Å²) in [5.74, 6) is 0. The molecule has 2 N–H and O–H groups in total. The molecule has 1 aliphatic heterocycles. The van der Waals surface area contributed by atoms with Crippen LogP contribution in [0.1, 0.15) is 5.56 Å². The van der Waals surface area contributed by atoms with E-state index in [-0.39, 0.29) is 6.10 Å². The highest BCUT2D eigenvalue weighted by molar-refractivity contribution is 9.10. The highest BCUT2D eigenvalue weighted by Crippen LogP contribution is 2.14. The number of aliphatic hydroxyl groups excluding tert-OH is 1. The fourth-order valence-corrected chi connectivity index (χ4v) is 2.12. The first-order valence-electron chi connectivity index (χ1n) is 4.92. The van der Waals surface area contributed by atoms with Crippen molar-refractivity contribution >= 4 is 15.9 Å². The molecule has 2 heterocycles. The van der Waals surface area contributed by atoms with Crippen molar-refractivity contribution in [3.05, 3.63) is 40.1 Å². The third kappa shape index (κ3) is 3.12. The molecule has 1 atom stereocenters. The van der Waals surface area contributed by atoms with Crippen molar-refractivity contribution in [1.29, 1.82) is 0 Å². The molecule has 1 aliphatic rings. The number of aliphatic hydroxyl groups is 1. The maximum absolute atomic E-state index is 9.45. The number of hydrogen-bond acceptors (Lipinski definition) is 3. The van der Waals surface area contributed by atoms with E-state index < -0.39 is 0 Å². The number of pyridine rings is 1. The zero-order valence-corrected chi connectivity index (χ0v) is 9.87. The minimum Gasteiger partial charge on any atom is -0.388 e. The first-order valence-corrected chi connectivity index (χ1v) is 5.71. The van der Waals surface area contributed by atoms with Gasteiger partial charge in [0.25, 0.3) is 0 Å². The van der Waals surface area contributed by atoms with Crippen LogP contribution >= 0.6 is 15.9 Å². The van der Waals surface area contributed by atoms with E-state index in [9.17, 15) is 5.11 Å². The summed E-state index contributed by atoms with van der Waals surface area (Å²) < 4.78 is 0.991. The summed E-state index contributed by atoms with van der Waals surface area (Å²) in [5, 5.41) is 12.6. The van der Waals surface area contributed by atoms with Gasteiger partial charge in [-0.05, 0) is 34.0 Å². The van der Waals surface area contributed by atoms with Gasteiger partial charge in [0.1, 0.15) is 0 Å². The number of β-amino-alcohol motifs (C(OH)–C–C–N with tert-alkyl or cyclic N) is 1. The van der Waals surface area contributed by atoms with Crippen LogP contribution in [0, 0.1) is 0 Å². The van der Waals surface area contributed by atoms with E-state index in [2.05, 4.69) is 32.3 Å². The van der Waals surface area contributed by atoms with Crippen LogP contribution < -0.4 is 5.32 Å². The van der Waals surface area contributed by atoms with Gasteiger partial charge in [0, 0.05) is 30.0 Å². The van der Waals surface area contributed by atoms with E-state index in [1.165, 1.54) is 5.57 Å². The highest BCUT2D eigenvalue weighted by Gasteiger charge is 2.10. The summed E-state index contributed by atoms with van der Waals surface area (Å²) in [4.78, 5) is 4.11. The molecular formula is C11H13BrN2O. The number of nitrogens with zero attached hydrogens (tertiary/aromatic N) is 1. The lowest BCUT2D eigenvalue weighted by atomic mass is 10.0. The summed E-state index contributed by atoms with van der Waals surface area (Å²) >= 11 is 3.39. The fourth-order valence-electron chi connectivity index (χ4n) is 1.71. The molecule has 1 aromatic rings. The van der Waals surface area contributed by atoms with Crippen molar-refractivity contribution in [2.75, 3.05) is 13.1 Å². The Balaban J connectivity index is 2.08. The molecule has 0 radical (unpaired) electrons. The quantitative estimate of drug-likeness (QED) is 0.795. The van der Waals surface area contributed by atoms with Gasteiger partial charge in [-0.1, -0.05) is 11.6 Å². The molecule has 0 fully saturated rings. The lowest BCUT2D eigenvalue weighted by molar-refractivity contribution is 0.213. The van der Waals surface area contributed by atoms with Crippen LogP contribution in [0.3, 0.4) is 0 Å². The Labute approximate surface area is 97.4 Å². The predicted molar refractivity (Wildman–Crippen MR) is 62.6 cm³/mol. The standard InChI is InChI=1S/C11H13BrN2O/c12-10-2-8(4-13-6-10)1-9-3-11(15)7-14-5-9/h2-4,6,11,14-15H,1,5,7H2. The van der Waals surface area contributed by atoms with E-state index in [0.717, 1.165) is 23.0 Å². The Morgan fingerprint density at radius 2 is 2.40 bits per heavy atom. The van der Waals surface area contributed by atoms with Gasteiger partial charge in [-0.3, -0.25) is 4.98 Å². The molecule has 1 aromatic heterocycles. The van der Waals surface area contributed by atoms with Gasteiger partial charge >= 0.3 is 0 Å². The smallest absolute Gasteiger partial charge is 0.0848 e. The normalized spacial score (nSPS) is 21.2. The van der Waals surface area contributed by atoms with E-state index >= 15 is 0 Å². The number of halogens is 1. The number of hydrogen-bond donors (Lipinski definition) is 2. The largest absolute Gasteiger partial charge is 0.388 e. The van der Waals surface area contributed by atoms with Gasteiger partial charge in [-0.15, -0.1) is 0 Å². The molecule has 3 nitrogen and oxygen atoms in total. The molecule has 1 unspecified atom stereocenters. The minimum atomic E-state index is -0.353. The van der Waals surface area contributed by atoms with Crippen molar-refractivity contribution in [2.24, 2.45) is 0 Å². The summed E-state index contributed by atoms with van der Waals surface area (Å²) in [7, 11) is 0. The molecule has 0 spiro atoms. The molecule has 0 amide bonds. The summed E-state index contributed by atoms with van der Waals surface area (Å²) in [6.07, 6.45) is 6.04. The second-order valence-electron chi connectivity index (χ2n) is 3.71. The molecule has 0 aliphatic carbocycles. The van der Waals surface area contributed by atoms with E-state index in [4.69, 9.17) is 0 Å². The van der Waals surface area contributed by atoms with Gasteiger partial charge < -0.3 is 10.4 Å². The van der Waals surface area contributed by atoms with Crippen LogP contribution in [0.5, 0.6) is 0 Å². The van der Waals surface area contributed by atoms with Crippen molar-refractivity contribution in [2.45, 2.75) is 12.5 Å². The Morgan fingerprint density at radius 3 is 3.13 bits per heavy atom. The van der Waals surface area contributed by atoms with Crippen LogP contribution in [-0.4, -0.2) is 29.3 Å². The van der Waals surface area contributed by atoms with Crippen molar-refractivity contribution in [3.8, 4) is 0 Å². The van der Waals surface area contributed by atoms with E-state index in [0.29, 0.717) is 6.54 Å². The number of rotatable bonds is 2. The summed E-state index contributed by atoms with van der Waals surface area (Å²) in [6, 6.07) is 2.05. The van der Waals surface area contributed by atoms with Gasteiger partial charge in [0.2, 0.25) is 0 Å². The average molecular weight is 269 g/mol. The molecular weight excluding hydrogens is 256 g/mol. The van der Waals surface area contributed by atoms with Gasteiger partial charge in [-0.25, -0.2) is 0 Å². The zero-order valence-electron chi connectivity index (χ0n) is 8.28. The fraction of sp³-hybridized carbons (Fsp3) is 0.364. The maximum atomic E-state index is 9.45. The van der Waals surface area contributed by atoms with Crippen LogP contribution in [0.4, 0.5) is 0 Å². The van der Waals surface area contributed by atoms with Crippen LogP contribution in [0.25, 0.3) is 0 Å². The predicted octanol–water partition coefficient (Wildman–Crippen LogP) is 1.28. The lowest BCUT2D eigenvalue weighted by Gasteiger charge is -2.18. The van der Waals surface area contributed by atoms with Crippen LogP contribution in [0.2, 0.25) is 0 Å².